The number of hydrogen-bond donors (Lipinski definition) is 4. The Labute approximate surface area is 192 Å². The van der Waals surface area contributed by atoms with Crippen LogP contribution in [0.2, 0.25) is 0 Å². The fraction of sp³-hybridized carbons (Fsp3) is 0.615. The van der Waals surface area contributed by atoms with Gasteiger partial charge in [0.2, 0.25) is 0 Å². The number of allylic oxidation sites excluding steroid dienone is 6. The van der Waals surface area contributed by atoms with Crippen LogP contribution >= 0.6 is 11.6 Å². The molecule has 3 atom stereocenters. The minimum absolute atomic E-state index is 0.0142. The second kappa shape index (κ2) is 9.66. The molecule has 3 unspecified atom stereocenters. The molecule has 1 aliphatic heterocycles. The SMILES string of the molecule is CCCC(C)=C1C=CC=C(CNC23CCCC(NC(O)C4=CCCC(Cl)=C4)(CC2)C3)N1. The van der Waals surface area contributed by atoms with Gasteiger partial charge in [0.25, 0.3) is 0 Å². The van der Waals surface area contributed by atoms with E-state index in [2.05, 4.69) is 54.1 Å². The van der Waals surface area contributed by atoms with Gasteiger partial charge in [-0.1, -0.05) is 37.1 Å². The van der Waals surface area contributed by atoms with Crippen LogP contribution in [0.5, 0.6) is 0 Å². The van der Waals surface area contributed by atoms with Crippen LogP contribution in [0.15, 0.2) is 58.0 Å². The molecule has 0 spiro atoms. The van der Waals surface area contributed by atoms with Crippen LogP contribution in [-0.4, -0.2) is 29.0 Å². The molecular formula is C26H38ClN3O. The van der Waals surface area contributed by atoms with Gasteiger partial charge in [-0.05, 0) is 94.1 Å². The minimum atomic E-state index is -0.634. The topological polar surface area (TPSA) is 56.3 Å². The summed E-state index contributed by atoms with van der Waals surface area (Å²) in [5.41, 5.74) is 5.01. The zero-order valence-corrected chi connectivity index (χ0v) is 19.8. The van der Waals surface area contributed by atoms with E-state index in [1.165, 1.54) is 36.2 Å². The molecule has 4 N–H and O–H groups in total. The maximum Gasteiger partial charge on any atom is 0.131 e. The first kappa shape index (κ1) is 22.8. The number of aliphatic hydroxyl groups excluding tert-OH is 1. The predicted molar refractivity (Wildman–Crippen MR) is 130 cm³/mol. The van der Waals surface area contributed by atoms with E-state index < -0.39 is 6.23 Å². The molecule has 3 aliphatic carbocycles. The first-order chi connectivity index (χ1) is 14.9. The lowest BCUT2D eigenvalue weighted by molar-refractivity contribution is 0.0988. The van der Waals surface area contributed by atoms with E-state index >= 15 is 0 Å². The molecule has 4 aliphatic rings. The molecule has 0 aromatic heterocycles. The van der Waals surface area contributed by atoms with Crippen molar-refractivity contribution in [2.45, 2.75) is 95.4 Å². The maximum atomic E-state index is 10.9. The molecule has 0 radical (unpaired) electrons. The Morgan fingerprint density at radius 1 is 1.26 bits per heavy atom. The van der Waals surface area contributed by atoms with Crippen molar-refractivity contribution >= 4 is 11.6 Å². The molecule has 31 heavy (non-hydrogen) atoms. The van der Waals surface area contributed by atoms with Crippen LogP contribution in [0.1, 0.15) is 78.1 Å². The van der Waals surface area contributed by atoms with Gasteiger partial charge in [0.1, 0.15) is 6.23 Å². The van der Waals surface area contributed by atoms with Crippen molar-refractivity contribution in [1.82, 2.24) is 16.0 Å². The van der Waals surface area contributed by atoms with Crippen LogP contribution in [0.25, 0.3) is 0 Å². The summed E-state index contributed by atoms with van der Waals surface area (Å²) >= 11 is 6.21. The van der Waals surface area contributed by atoms with Gasteiger partial charge in [-0.15, -0.1) is 0 Å². The molecule has 2 bridgehead atoms. The van der Waals surface area contributed by atoms with Crippen LogP contribution in [0.3, 0.4) is 0 Å². The third-order valence-corrected chi connectivity index (χ3v) is 7.81. The van der Waals surface area contributed by atoms with Gasteiger partial charge in [-0.25, -0.2) is 0 Å². The van der Waals surface area contributed by atoms with Gasteiger partial charge < -0.3 is 15.7 Å². The standard InChI is InChI=1S/C26H38ClN3O/c1-3-7-19(2)23-11-5-10-22(29-23)17-28-25-12-6-13-26(18-25,15-14-25)30-24(31)20-8-4-9-21(27)16-20/h5,8,10-11,16,24,28-31H,3-4,6-7,9,12-15,17-18H2,1-2H3. The summed E-state index contributed by atoms with van der Waals surface area (Å²) in [5, 5.41) is 22.9. The number of nitrogens with one attached hydrogen (secondary N) is 3. The summed E-state index contributed by atoms with van der Waals surface area (Å²) in [4.78, 5) is 0. The van der Waals surface area contributed by atoms with Gasteiger partial charge in [0.05, 0.1) is 0 Å². The van der Waals surface area contributed by atoms with Crippen molar-refractivity contribution < 1.29 is 5.11 Å². The Hall–Kier alpha value is -1.33. The van der Waals surface area contributed by atoms with Crippen molar-refractivity contribution in [3.05, 3.63) is 58.0 Å². The summed E-state index contributed by atoms with van der Waals surface area (Å²) in [7, 11) is 0. The van der Waals surface area contributed by atoms with Gasteiger partial charge >= 0.3 is 0 Å². The zero-order valence-electron chi connectivity index (χ0n) is 19.1. The van der Waals surface area contributed by atoms with Crippen molar-refractivity contribution in [3.63, 3.8) is 0 Å². The third-order valence-electron chi connectivity index (χ3n) is 7.51. The van der Waals surface area contributed by atoms with E-state index in [4.69, 9.17) is 11.6 Å². The van der Waals surface area contributed by atoms with Crippen molar-refractivity contribution in [3.8, 4) is 0 Å². The van der Waals surface area contributed by atoms with Crippen molar-refractivity contribution in [1.29, 1.82) is 0 Å². The summed E-state index contributed by atoms with van der Waals surface area (Å²) < 4.78 is 0. The lowest BCUT2D eigenvalue weighted by atomic mass is 9.78. The number of fused-ring (bicyclic) bond motifs is 2. The van der Waals surface area contributed by atoms with Crippen molar-refractivity contribution in [2.75, 3.05) is 6.54 Å². The molecule has 2 saturated carbocycles. The fourth-order valence-electron chi connectivity index (χ4n) is 5.84. The summed E-state index contributed by atoms with van der Waals surface area (Å²) in [6, 6.07) is 0. The number of halogens is 1. The number of aliphatic hydroxyl groups is 1. The van der Waals surface area contributed by atoms with Gasteiger partial charge in [-0.3, -0.25) is 5.32 Å². The van der Waals surface area contributed by atoms with E-state index in [1.807, 2.05) is 6.08 Å². The molecular weight excluding hydrogens is 406 g/mol. The first-order valence-electron chi connectivity index (χ1n) is 12.0. The number of dihydropyridines is 1. The van der Waals surface area contributed by atoms with E-state index in [-0.39, 0.29) is 11.1 Å². The van der Waals surface area contributed by atoms with Crippen LogP contribution in [-0.2, 0) is 0 Å². The largest absolute Gasteiger partial charge is 0.374 e. The van der Waals surface area contributed by atoms with E-state index in [1.54, 1.807) is 0 Å². The van der Waals surface area contributed by atoms with Crippen molar-refractivity contribution in [2.24, 2.45) is 0 Å². The quantitative estimate of drug-likeness (QED) is 0.385. The monoisotopic (exact) mass is 443 g/mol. The Morgan fingerprint density at radius 2 is 2.06 bits per heavy atom. The van der Waals surface area contributed by atoms with Gasteiger partial charge in [0.15, 0.2) is 0 Å². The molecule has 5 heteroatoms. The second-order valence-corrected chi connectivity index (χ2v) is 10.4. The summed E-state index contributed by atoms with van der Waals surface area (Å²) in [5.74, 6) is 0. The fourth-order valence-corrected chi connectivity index (χ4v) is 6.08. The smallest absolute Gasteiger partial charge is 0.131 e. The molecule has 0 aromatic rings. The van der Waals surface area contributed by atoms with Crippen LogP contribution in [0, 0.1) is 0 Å². The molecule has 2 fully saturated rings. The lowest BCUT2D eigenvalue weighted by Crippen LogP contribution is -2.55. The summed E-state index contributed by atoms with van der Waals surface area (Å²) in [6.45, 7) is 5.30. The van der Waals surface area contributed by atoms with Gasteiger partial charge in [0, 0.05) is 34.0 Å². The zero-order chi connectivity index (χ0) is 21.9. The van der Waals surface area contributed by atoms with E-state index in [0.29, 0.717) is 0 Å². The highest BCUT2D eigenvalue weighted by molar-refractivity contribution is 6.29. The molecule has 1 heterocycles. The van der Waals surface area contributed by atoms with E-state index in [9.17, 15) is 5.11 Å². The molecule has 0 saturated heterocycles. The second-order valence-electron chi connectivity index (χ2n) is 9.95. The predicted octanol–water partition coefficient (Wildman–Crippen LogP) is 5.29. The Morgan fingerprint density at radius 3 is 2.87 bits per heavy atom. The highest BCUT2D eigenvalue weighted by Gasteiger charge is 2.51. The number of rotatable bonds is 8. The molecule has 4 nitrogen and oxygen atoms in total. The highest BCUT2D eigenvalue weighted by Crippen LogP contribution is 2.48. The highest BCUT2D eigenvalue weighted by atomic mass is 35.5. The average Bonchev–Trinajstić information content (AvgIpc) is 3.02. The Balaban J connectivity index is 1.36. The minimum Gasteiger partial charge on any atom is -0.374 e. The van der Waals surface area contributed by atoms with Gasteiger partial charge in [-0.2, -0.15) is 0 Å². The molecule has 0 aromatic carbocycles. The number of hydrogen-bond acceptors (Lipinski definition) is 4. The Kier molecular flexibility index (Phi) is 7.12. The average molecular weight is 444 g/mol. The van der Waals surface area contributed by atoms with Crippen LogP contribution < -0.4 is 16.0 Å². The molecule has 0 amide bonds. The molecule has 4 rings (SSSR count). The summed E-state index contributed by atoms with van der Waals surface area (Å²) in [6.07, 6.45) is 20.9. The molecule has 170 valence electrons. The first-order valence-corrected chi connectivity index (χ1v) is 12.4. The Bertz CT molecular complexity index is 840. The maximum absolute atomic E-state index is 10.9. The lowest BCUT2D eigenvalue weighted by Gasteiger charge is -2.42. The van der Waals surface area contributed by atoms with E-state index in [0.717, 1.165) is 62.1 Å². The normalized spacial score (nSPS) is 32.7. The third kappa shape index (κ3) is 5.36. The van der Waals surface area contributed by atoms with Crippen LogP contribution in [0.4, 0.5) is 0 Å².